The summed E-state index contributed by atoms with van der Waals surface area (Å²) in [4.78, 5) is 17.0. The smallest absolute Gasteiger partial charge is 0.309 e. The minimum absolute atomic E-state index is 0.0325. The van der Waals surface area contributed by atoms with Crippen molar-refractivity contribution in [3.05, 3.63) is 21.8 Å². The highest BCUT2D eigenvalue weighted by molar-refractivity contribution is 9.10. The first-order chi connectivity index (χ1) is 10.9. The second kappa shape index (κ2) is 6.70. The zero-order chi connectivity index (χ0) is 16.4. The normalized spacial score (nSPS) is 18.0. The van der Waals surface area contributed by atoms with Gasteiger partial charge in [0.25, 0.3) is 5.89 Å². The zero-order valence-electron chi connectivity index (χ0n) is 11.9. The van der Waals surface area contributed by atoms with Gasteiger partial charge in [-0.05, 0) is 34.8 Å². The molecule has 0 amide bonds. The SMILES string of the molecule is O=C(OCc1nc(-c2cc(Br)cs2)no1)C1CCS(=O)(=O)CC1. The van der Waals surface area contributed by atoms with Crippen LogP contribution in [0.15, 0.2) is 20.4 Å². The molecule has 1 fully saturated rings. The number of nitrogens with zero attached hydrogens (tertiary/aromatic N) is 2. The average molecular weight is 421 g/mol. The van der Waals surface area contributed by atoms with Gasteiger partial charge in [0.05, 0.1) is 22.3 Å². The van der Waals surface area contributed by atoms with E-state index in [0.29, 0.717) is 18.7 Å². The molecule has 3 heterocycles. The number of esters is 1. The average Bonchev–Trinajstić information content (AvgIpc) is 3.13. The molecule has 0 radical (unpaired) electrons. The molecule has 1 saturated heterocycles. The summed E-state index contributed by atoms with van der Waals surface area (Å²) in [5.41, 5.74) is 0. The lowest BCUT2D eigenvalue weighted by Crippen LogP contribution is -2.29. The summed E-state index contributed by atoms with van der Waals surface area (Å²) in [6.07, 6.45) is 0.610. The molecule has 3 rings (SSSR count). The van der Waals surface area contributed by atoms with Crippen molar-refractivity contribution >= 4 is 43.1 Å². The largest absolute Gasteiger partial charge is 0.455 e. The Morgan fingerprint density at radius 1 is 1.43 bits per heavy atom. The van der Waals surface area contributed by atoms with E-state index in [2.05, 4.69) is 26.1 Å². The van der Waals surface area contributed by atoms with Gasteiger partial charge in [-0.25, -0.2) is 8.42 Å². The van der Waals surface area contributed by atoms with Gasteiger partial charge in [0, 0.05) is 9.85 Å². The van der Waals surface area contributed by atoms with Crippen molar-refractivity contribution in [1.82, 2.24) is 10.1 Å². The van der Waals surface area contributed by atoms with Crippen LogP contribution >= 0.6 is 27.3 Å². The van der Waals surface area contributed by atoms with Gasteiger partial charge in [0.2, 0.25) is 5.82 Å². The number of hydrogen-bond acceptors (Lipinski definition) is 8. The summed E-state index contributed by atoms with van der Waals surface area (Å²) >= 11 is 4.82. The van der Waals surface area contributed by atoms with Crippen LogP contribution in [0.25, 0.3) is 10.7 Å². The minimum atomic E-state index is -2.99. The summed E-state index contributed by atoms with van der Waals surface area (Å²) in [5.74, 6) is -0.0837. The van der Waals surface area contributed by atoms with Crippen LogP contribution in [0, 0.1) is 5.92 Å². The van der Waals surface area contributed by atoms with Gasteiger partial charge in [-0.3, -0.25) is 4.79 Å². The van der Waals surface area contributed by atoms with Gasteiger partial charge in [-0.15, -0.1) is 11.3 Å². The molecule has 0 N–H and O–H groups in total. The highest BCUT2D eigenvalue weighted by atomic mass is 79.9. The summed E-state index contributed by atoms with van der Waals surface area (Å²) in [7, 11) is -2.99. The van der Waals surface area contributed by atoms with E-state index in [-0.39, 0.29) is 29.9 Å². The number of rotatable bonds is 4. The van der Waals surface area contributed by atoms with E-state index in [1.165, 1.54) is 11.3 Å². The Bertz CT molecular complexity index is 800. The molecule has 23 heavy (non-hydrogen) atoms. The van der Waals surface area contributed by atoms with E-state index in [9.17, 15) is 13.2 Å². The fourth-order valence-electron chi connectivity index (χ4n) is 2.22. The molecule has 0 bridgehead atoms. The van der Waals surface area contributed by atoms with Crippen LogP contribution in [0.4, 0.5) is 0 Å². The van der Waals surface area contributed by atoms with Crippen LogP contribution in [0.3, 0.4) is 0 Å². The number of aromatic nitrogens is 2. The maximum atomic E-state index is 12.0. The zero-order valence-corrected chi connectivity index (χ0v) is 15.1. The number of sulfone groups is 1. The van der Waals surface area contributed by atoms with Crippen LogP contribution in [0.5, 0.6) is 0 Å². The second-order valence-corrected chi connectivity index (χ2v) is 9.31. The third-order valence-electron chi connectivity index (χ3n) is 3.48. The Morgan fingerprint density at radius 3 is 2.83 bits per heavy atom. The third-order valence-corrected chi connectivity index (χ3v) is 6.88. The standard InChI is InChI=1S/C13H13BrN2O5S2/c14-9-5-10(22-7-9)12-15-11(21-16-12)6-20-13(17)8-1-3-23(18,19)4-2-8/h5,7-8H,1-4,6H2. The number of thiophene rings is 1. The van der Waals surface area contributed by atoms with E-state index in [1.54, 1.807) is 0 Å². The van der Waals surface area contributed by atoms with Crippen LogP contribution in [-0.2, 0) is 26.0 Å². The lowest BCUT2D eigenvalue weighted by Gasteiger charge is -2.19. The first-order valence-corrected chi connectivity index (χ1v) is 10.4. The minimum Gasteiger partial charge on any atom is -0.455 e. The highest BCUT2D eigenvalue weighted by Gasteiger charge is 2.29. The highest BCUT2D eigenvalue weighted by Crippen LogP contribution is 2.28. The molecule has 0 aromatic carbocycles. The predicted octanol–water partition coefficient (Wildman–Crippen LogP) is 2.43. The summed E-state index contributed by atoms with van der Waals surface area (Å²) in [5, 5.41) is 5.75. The van der Waals surface area contributed by atoms with Gasteiger partial charge < -0.3 is 9.26 Å². The van der Waals surface area contributed by atoms with E-state index in [1.807, 2.05) is 11.4 Å². The first-order valence-electron chi connectivity index (χ1n) is 6.87. The Kier molecular flexibility index (Phi) is 4.83. The summed E-state index contributed by atoms with van der Waals surface area (Å²) in [6, 6.07) is 1.87. The number of carbonyl (C=O) groups is 1. The molecule has 2 aromatic heterocycles. The molecule has 10 heteroatoms. The molecule has 1 aliphatic heterocycles. The topological polar surface area (TPSA) is 99.4 Å². The molecule has 0 unspecified atom stereocenters. The van der Waals surface area contributed by atoms with E-state index >= 15 is 0 Å². The van der Waals surface area contributed by atoms with Crippen molar-refractivity contribution in [1.29, 1.82) is 0 Å². The maximum Gasteiger partial charge on any atom is 0.309 e. The lowest BCUT2D eigenvalue weighted by atomic mass is 10.0. The fraction of sp³-hybridized carbons (Fsp3) is 0.462. The Labute approximate surface area is 145 Å². The van der Waals surface area contributed by atoms with Crippen LogP contribution < -0.4 is 0 Å². The monoisotopic (exact) mass is 420 g/mol. The van der Waals surface area contributed by atoms with E-state index in [4.69, 9.17) is 9.26 Å². The van der Waals surface area contributed by atoms with Crippen molar-refractivity contribution in [2.24, 2.45) is 5.92 Å². The van der Waals surface area contributed by atoms with Crippen molar-refractivity contribution in [2.45, 2.75) is 19.4 Å². The first kappa shape index (κ1) is 16.6. The molecule has 1 aliphatic rings. The Hall–Kier alpha value is -1.26. The molecule has 0 atom stereocenters. The number of carbonyl (C=O) groups excluding carboxylic acids is 1. The fourth-order valence-corrected chi connectivity index (χ4v) is 5.06. The predicted molar refractivity (Wildman–Crippen MR) is 86.5 cm³/mol. The lowest BCUT2D eigenvalue weighted by molar-refractivity contribution is -0.151. The molecule has 0 aliphatic carbocycles. The van der Waals surface area contributed by atoms with Crippen LogP contribution in [0.1, 0.15) is 18.7 Å². The third kappa shape index (κ3) is 4.18. The molecule has 0 spiro atoms. The number of halogens is 1. The van der Waals surface area contributed by atoms with Crippen LogP contribution in [0.2, 0.25) is 0 Å². The molecule has 124 valence electrons. The van der Waals surface area contributed by atoms with Gasteiger partial charge in [0.15, 0.2) is 6.61 Å². The van der Waals surface area contributed by atoms with Crippen molar-refractivity contribution < 1.29 is 22.5 Å². The van der Waals surface area contributed by atoms with Gasteiger partial charge >= 0.3 is 5.97 Å². The van der Waals surface area contributed by atoms with Crippen molar-refractivity contribution in [3.8, 4) is 10.7 Å². The summed E-state index contributed by atoms with van der Waals surface area (Å²) < 4.78 is 33.8. The second-order valence-electron chi connectivity index (χ2n) is 5.17. The number of ether oxygens (including phenoxy) is 1. The quantitative estimate of drug-likeness (QED) is 0.699. The number of hydrogen-bond donors (Lipinski definition) is 0. The van der Waals surface area contributed by atoms with Crippen molar-refractivity contribution in [3.63, 3.8) is 0 Å². The molecule has 0 saturated carbocycles. The van der Waals surface area contributed by atoms with Gasteiger partial charge in [0.1, 0.15) is 9.84 Å². The molecule has 7 nitrogen and oxygen atoms in total. The maximum absolute atomic E-state index is 12.0. The van der Waals surface area contributed by atoms with E-state index < -0.39 is 15.8 Å². The van der Waals surface area contributed by atoms with E-state index in [0.717, 1.165) is 9.35 Å². The summed E-state index contributed by atoms with van der Waals surface area (Å²) in [6.45, 7) is -0.109. The Morgan fingerprint density at radius 2 is 2.17 bits per heavy atom. The Balaban J connectivity index is 1.54. The van der Waals surface area contributed by atoms with Crippen molar-refractivity contribution in [2.75, 3.05) is 11.5 Å². The molecular weight excluding hydrogens is 408 g/mol. The molecular formula is C13H13BrN2O5S2. The molecule has 2 aromatic rings. The van der Waals surface area contributed by atoms with Gasteiger partial charge in [-0.1, -0.05) is 5.16 Å². The van der Waals surface area contributed by atoms with Gasteiger partial charge in [-0.2, -0.15) is 4.98 Å². The van der Waals surface area contributed by atoms with Crippen LogP contribution in [-0.4, -0.2) is 36.0 Å².